The Morgan fingerprint density at radius 3 is 2.55 bits per heavy atom. The van der Waals surface area contributed by atoms with Gasteiger partial charge >= 0.3 is 0 Å². The Kier molecular flexibility index (Phi) is 7.99. The average Bonchev–Trinajstić information content (AvgIpc) is 3.61. The number of aliphatic hydroxyl groups is 1. The van der Waals surface area contributed by atoms with E-state index in [9.17, 15) is 9.90 Å². The van der Waals surface area contributed by atoms with E-state index in [4.69, 9.17) is 11.6 Å². The predicted molar refractivity (Wildman–Crippen MR) is 159 cm³/mol. The van der Waals surface area contributed by atoms with Crippen molar-refractivity contribution in [2.45, 2.75) is 44.8 Å². The first-order chi connectivity index (χ1) is 20.2. The van der Waals surface area contributed by atoms with Gasteiger partial charge in [-0.1, -0.05) is 47.1 Å². The number of aliphatic hydroxyl groups excluding tert-OH is 1. The first-order valence-corrected chi connectivity index (χ1v) is 15.2. The fraction of sp³-hybridized carbons (Fsp3) is 0.400. The first kappa shape index (κ1) is 28.7. The van der Waals surface area contributed by atoms with Crippen LogP contribution in [0.25, 0.3) is 21.8 Å². The zero-order valence-electron chi connectivity index (χ0n) is 23.1. The van der Waals surface area contributed by atoms with E-state index in [2.05, 4.69) is 20.2 Å². The maximum atomic E-state index is 15.4. The minimum Gasteiger partial charge on any atom is -0.393 e. The zero-order valence-corrected chi connectivity index (χ0v) is 24.7. The zero-order chi connectivity index (χ0) is 29.4. The lowest BCUT2D eigenvalue weighted by molar-refractivity contribution is -0.108. The molecule has 0 aliphatic carbocycles. The Hall–Kier alpha value is -3.41. The van der Waals surface area contributed by atoms with Crippen molar-refractivity contribution in [3.8, 4) is 21.8 Å². The van der Waals surface area contributed by atoms with E-state index in [1.165, 1.54) is 20.9 Å². The van der Waals surface area contributed by atoms with Gasteiger partial charge in [-0.25, -0.2) is 13.8 Å². The number of benzene rings is 2. The second-order valence-corrected chi connectivity index (χ2v) is 12.4. The van der Waals surface area contributed by atoms with Crippen LogP contribution in [0.15, 0.2) is 54.7 Å². The Bertz CT molecular complexity index is 1570. The van der Waals surface area contributed by atoms with Gasteiger partial charge in [0.15, 0.2) is 0 Å². The van der Waals surface area contributed by atoms with E-state index in [0.717, 1.165) is 37.2 Å². The molecule has 2 aromatic carbocycles. The van der Waals surface area contributed by atoms with E-state index >= 15 is 8.78 Å². The number of thiazole rings is 1. The number of hydrogen-bond donors (Lipinski definition) is 1. The van der Waals surface area contributed by atoms with Gasteiger partial charge in [-0.15, -0.1) is 16.4 Å². The molecular formula is C30H31ClF2N6O2S. The van der Waals surface area contributed by atoms with Gasteiger partial charge in [0.2, 0.25) is 0 Å². The maximum absolute atomic E-state index is 15.4. The molecule has 2 fully saturated rings. The SMILES string of the molecule is Cc1nc(-c2ccccc2Cl)sc1C(=O)N1CCC(Cn2cc(-c3ccc(N4CCC(O)CC4)cc3)nn2)C(F)(F)C1. The average molecular weight is 613 g/mol. The van der Waals surface area contributed by atoms with Crippen molar-refractivity contribution in [2.75, 3.05) is 31.1 Å². The summed E-state index contributed by atoms with van der Waals surface area (Å²) in [6, 6.07) is 15.1. The summed E-state index contributed by atoms with van der Waals surface area (Å²) in [5.41, 5.74) is 3.75. The summed E-state index contributed by atoms with van der Waals surface area (Å²) in [6.45, 7) is 2.89. The van der Waals surface area contributed by atoms with Crippen LogP contribution in [-0.2, 0) is 6.54 Å². The fourth-order valence-electron chi connectivity index (χ4n) is 5.58. The molecule has 4 heterocycles. The van der Waals surface area contributed by atoms with Crippen LogP contribution in [0.1, 0.15) is 34.6 Å². The monoisotopic (exact) mass is 612 g/mol. The highest BCUT2D eigenvalue weighted by molar-refractivity contribution is 7.17. The molecule has 1 atom stereocenters. The van der Waals surface area contributed by atoms with Crippen LogP contribution in [0.5, 0.6) is 0 Å². The third-order valence-corrected chi connectivity index (χ3v) is 9.58. The maximum Gasteiger partial charge on any atom is 0.269 e. The van der Waals surface area contributed by atoms with Gasteiger partial charge in [-0.05, 0) is 44.4 Å². The van der Waals surface area contributed by atoms with Gasteiger partial charge in [0.1, 0.15) is 15.6 Å². The largest absolute Gasteiger partial charge is 0.393 e. The number of alkyl halides is 2. The van der Waals surface area contributed by atoms with E-state index in [1.807, 2.05) is 42.5 Å². The molecule has 12 heteroatoms. The molecule has 1 N–H and O–H groups in total. The Morgan fingerprint density at radius 1 is 1.10 bits per heavy atom. The smallest absolute Gasteiger partial charge is 0.269 e. The standard InChI is InChI=1S/C30H31ClF2N6O2S/c1-19-27(42-28(34-19)24-4-2-3-5-25(24)31)29(41)38-13-10-21(30(32,33)18-38)16-39-17-26(35-36-39)20-6-8-22(9-7-20)37-14-11-23(40)12-15-37/h2-9,17,21,23,40H,10-16,18H2,1H3. The highest BCUT2D eigenvalue weighted by Gasteiger charge is 2.46. The lowest BCUT2D eigenvalue weighted by atomic mass is 9.92. The van der Waals surface area contributed by atoms with E-state index in [0.29, 0.717) is 31.9 Å². The van der Waals surface area contributed by atoms with Crippen LogP contribution in [0.2, 0.25) is 5.02 Å². The molecule has 0 spiro atoms. The summed E-state index contributed by atoms with van der Waals surface area (Å²) in [5.74, 6) is -4.50. The second kappa shape index (κ2) is 11.7. The van der Waals surface area contributed by atoms with Crippen LogP contribution in [0.4, 0.5) is 14.5 Å². The number of carbonyl (C=O) groups is 1. The number of rotatable bonds is 6. The predicted octanol–water partition coefficient (Wildman–Crippen LogP) is 5.79. The Balaban J connectivity index is 1.09. The molecule has 220 valence electrons. The van der Waals surface area contributed by atoms with Crippen molar-refractivity contribution in [3.63, 3.8) is 0 Å². The fourth-order valence-corrected chi connectivity index (χ4v) is 6.94. The number of aromatic nitrogens is 4. The highest BCUT2D eigenvalue weighted by Crippen LogP contribution is 2.37. The van der Waals surface area contributed by atoms with Gasteiger partial charge in [-0.3, -0.25) is 9.48 Å². The molecular weight excluding hydrogens is 582 g/mol. The minimum absolute atomic E-state index is 0.00641. The molecule has 2 aromatic heterocycles. The van der Waals surface area contributed by atoms with Crippen LogP contribution >= 0.6 is 22.9 Å². The van der Waals surface area contributed by atoms with Crippen molar-refractivity contribution in [2.24, 2.45) is 5.92 Å². The van der Waals surface area contributed by atoms with Gasteiger partial charge in [-0.2, -0.15) is 0 Å². The molecule has 6 rings (SSSR count). The number of nitrogens with zero attached hydrogens (tertiary/aromatic N) is 6. The quantitative estimate of drug-likeness (QED) is 0.297. The van der Waals surface area contributed by atoms with E-state index in [1.54, 1.807) is 19.2 Å². The lowest BCUT2D eigenvalue weighted by Crippen LogP contribution is -2.51. The minimum atomic E-state index is -3.09. The van der Waals surface area contributed by atoms with Crippen molar-refractivity contribution < 1.29 is 18.7 Å². The summed E-state index contributed by atoms with van der Waals surface area (Å²) in [4.78, 5) is 21.6. The number of likely N-dealkylation sites (tertiary alicyclic amines) is 1. The molecule has 0 radical (unpaired) electrons. The molecule has 2 aliphatic heterocycles. The summed E-state index contributed by atoms with van der Waals surface area (Å²) < 4.78 is 32.2. The molecule has 8 nitrogen and oxygen atoms in total. The van der Waals surface area contributed by atoms with Gasteiger partial charge < -0.3 is 14.9 Å². The lowest BCUT2D eigenvalue weighted by Gasteiger charge is -2.38. The summed E-state index contributed by atoms with van der Waals surface area (Å²) in [6.07, 6.45) is 3.11. The normalized spacial score (nSPS) is 19.3. The number of hydrogen-bond acceptors (Lipinski definition) is 7. The van der Waals surface area contributed by atoms with E-state index in [-0.39, 0.29) is 25.6 Å². The third kappa shape index (κ3) is 5.91. The van der Waals surface area contributed by atoms with Crippen LogP contribution in [-0.4, -0.2) is 74.1 Å². The molecule has 0 saturated carbocycles. The van der Waals surface area contributed by atoms with Gasteiger partial charge in [0, 0.05) is 42.4 Å². The van der Waals surface area contributed by atoms with Gasteiger partial charge in [0.05, 0.1) is 36.1 Å². The molecule has 4 aromatic rings. The van der Waals surface area contributed by atoms with Crippen LogP contribution in [0.3, 0.4) is 0 Å². The van der Waals surface area contributed by atoms with Crippen LogP contribution in [0, 0.1) is 12.8 Å². The Morgan fingerprint density at radius 2 is 1.83 bits per heavy atom. The summed E-state index contributed by atoms with van der Waals surface area (Å²) in [7, 11) is 0. The summed E-state index contributed by atoms with van der Waals surface area (Å²) >= 11 is 7.47. The van der Waals surface area contributed by atoms with Crippen molar-refractivity contribution in [1.29, 1.82) is 0 Å². The molecule has 2 saturated heterocycles. The molecule has 0 bridgehead atoms. The number of anilines is 1. The van der Waals surface area contributed by atoms with Crippen molar-refractivity contribution in [3.05, 3.63) is 70.3 Å². The second-order valence-electron chi connectivity index (χ2n) is 11.0. The molecule has 2 aliphatic rings. The van der Waals surface area contributed by atoms with Gasteiger partial charge in [0.25, 0.3) is 11.8 Å². The number of amides is 1. The molecule has 42 heavy (non-hydrogen) atoms. The molecule has 1 amide bonds. The highest BCUT2D eigenvalue weighted by atomic mass is 35.5. The topological polar surface area (TPSA) is 87.4 Å². The first-order valence-electron chi connectivity index (χ1n) is 14.0. The number of carbonyl (C=O) groups excluding carboxylic acids is 1. The number of halogens is 3. The Labute approximate surface area is 251 Å². The van der Waals surface area contributed by atoms with Crippen molar-refractivity contribution in [1.82, 2.24) is 24.9 Å². The molecule has 1 unspecified atom stereocenters. The van der Waals surface area contributed by atoms with Crippen LogP contribution < -0.4 is 4.90 Å². The van der Waals surface area contributed by atoms with Crippen molar-refractivity contribution >= 4 is 34.5 Å². The van der Waals surface area contributed by atoms with E-state index < -0.39 is 24.3 Å². The number of aryl methyl sites for hydroxylation is 1. The summed E-state index contributed by atoms with van der Waals surface area (Å²) in [5, 5.41) is 19.2. The number of piperidine rings is 2. The third-order valence-electron chi connectivity index (χ3n) is 8.07.